The molecule has 0 fully saturated rings. The second-order valence-corrected chi connectivity index (χ2v) is 4.04. The van der Waals surface area contributed by atoms with E-state index in [9.17, 15) is 0 Å². The Labute approximate surface area is 102 Å². The first-order valence-electron chi connectivity index (χ1n) is 5.91. The molecule has 0 aliphatic carbocycles. The molecule has 0 aromatic carbocycles. The largest absolute Gasteiger partial charge is 0.334 e. The molecule has 4 nitrogen and oxygen atoms in total. The summed E-state index contributed by atoms with van der Waals surface area (Å²) >= 11 is 0. The van der Waals surface area contributed by atoms with Crippen LogP contribution in [0.2, 0.25) is 0 Å². The molecule has 0 saturated heterocycles. The van der Waals surface area contributed by atoms with Crippen LogP contribution in [-0.4, -0.2) is 14.5 Å². The number of hydrogen-bond donors (Lipinski definition) is 1. The normalized spacial score (nSPS) is 10.7. The van der Waals surface area contributed by atoms with Crippen molar-refractivity contribution in [3.8, 4) is 0 Å². The molecule has 2 heterocycles. The van der Waals surface area contributed by atoms with Crippen molar-refractivity contribution in [2.24, 2.45) is 0 Å². The van der Waals surface area contributed by atoms with E-state index in [-0.39, 0.29) is 0 Å². The van der Waals surface area contributed by atoms with E-state index in [4.69, 9.17) is 0 Å². The molecule has 0 radical (unpaired) electrons. The molecule has 0 aliphatic heterocycles. The molecular formula is C13H18N4. The van der Waals surface area contributed by atoms with Crippen molar-refractivity contribution in [1.29, 1.82) is 0 Å². The lowest BCUT2D eigenvalue weighted by Gasteiger charge is -2.08. The van der Waals surface area contributed by atoms with E-state index >= 15 is 0 Å². The van der Waals surface area contributed by atoms with Crippen LogP contribution in [0.25, 0.3) is 0 Å². The van der Waals surface area contributed by atoms with Gasteiger partial charge in [0, 0.05) is 32.0 Å². The minimum atomic E-state index is 0.793. The highest BCUT2D eigenvalue weighted by atomic mass is 15.1. The van der Waals surface area contributed by atoms with Gasteiger partial charge in [-0.25, -0.2) is 4.98 Å². The number of rotatable bonds is 5. The van der Waals surface area contributed by atoms with Crippen LogP contribution in [0.4, 0.5) is 0 Å². The first kappa shape index (κ1) is 11.8. The lowest BCUT2D eigenvalue weighted by molar-refractivity contribution is 0.620. The summed E-state index contributed by atoms with van der Waals surface area (Å²) in [4.78, 5) is 8.50. The predicted molar refractivity (Wildman–Crippen MR) is 67.4 cm³/mol. The molecule has 90 valence electrons. The Bertz CT molecular complexity index is 476. The second-order valence-electron chi connectivity index (χ2n) is 4.04. The Morgan fingerprint density at radius 2 is 2.24 bits per heavy atom. The molecule has 2 rings (SSSR count). The summed E-state index contributed by atoms with van der Waals surface area (Å²) in [6, 6.07) is 4.05. The zero-order valence-electron chi connectivity index (χ0n) is 10.3. The lowest BCUT2D eigenvalue weighted by atomic mass is 10.2. The molecule has 0 amide bonds. The van der Waals surface area contributed by atoms with E-state index in [1.165, 1.54) is 11.3 Å². The van der Waals surface area contributed by atoms with Gasteiger partial charge in [0.15, 0.2) is 0 Å². The van der Waals surface area contributed by atoms with Gasteiger partial charge in [0.05, 0.1) is 17.7 Å². The fourth-order valence-corrected chi connectivity index (χ4v) is 1.79. The highest BCUT2D eigenvalue weighted by Crippen LogP contribution is 2.03. The van der Waals surface area contributed by atoms with Gasteiger partial charge >= 0.3 is 0 Å². The van der Waals surface area contributed by atoms with E-state index in [2.05, 4.69) is 39.8 Å². The Morgan fingerprint density at radius 3 is 3.00 bits per heavy atom. The van der Waals surface area contributed by atoms with Crippen molar-refractivity contribution in [3.63, 3.8) is 0 Å². The van der Waals surface area contributed by atoms with Crippen LogP contribution in [0.3, 0.4) is 0 Å². The second kappa shape index (κ2) is 5.59. The minimum absolute atomic E-state index is 0.793. The third-order valence-corrected chi connectivity index (χ3v) is 2.86. The molecule has 0 atom stereocenters. The van der Waals surface area contributed by atoms with Gasteiger partial charge in [0.1, 0.15) is 0 Å². The van der Waals surface area contributed by atoms with Crippen molar-refractivity contribution in [3.05, 3.63) is 47.8 Å². The van der Waals surface area contributed by atoms with Gasteiger partial charge in [0.25, 0.3) is 0 Å². The third kappa shape index (κ3) is 2.91. The average molecular weight is 230 g/mol. The van der Waals surface area contributed by atoms with Crippen LogP contribution < -0.4 is 5.32 Å². The number of aryl methyl sites for hydroxylation is 2. The quantitative estimate of drug-likeness (QED) is 0.853. The third-order valence-electron chi connectivity index (χ3n) is 2.86. The van der Waals surface area contributed by atoms with Gasteiger partial charge in [-0.15, -0.1) is 0 Å². The van der Waals surface area contributed by atoms with Crippen molar-refractivity contribution in [2.75, 3.05) is 0 Å². The number of pyridine rings is 1. The van der Waals surface area contributed by atoms with Gasteiger partial charge in [-0.05, 0) is 25.5 Å². The van der Waals surface area contributed by atoms with E-state index in [1.54, 1.807) is 0 Å². The van der Waals surface area contributed by atoms with Gasteiger partial charge in [-0.3, -0.25) is 4.98 Å². The highest BCUT2D eigenvalue weighted by molar-refractivity contribution is 5.17. The molecule has 0 spiro atoms. The topological polar surface area (TPSA) is 42.7 Å². The van der Waals surface area contributed by atoms with Crippen LogP contribution in [0.1, 0.15) is 23.9 Å². The standard InChI is InChI=1S/C13H18N4/c1-3-17-10-15-8-12(17)7-14-9-13-11(2)5-4-6-16-13/h4-6,8,10,14H,3,7,9H2,1-2H3. The Hall–Kier alpha value is -1.68. The van der Waals surface area contributed by atoms with E-state index in [0.29, 0.717) is 0 Å². The van der Waals surface area contributed by atoms with Crippen molar-refractivity contribution < 1.29 is 0 Å². The summed E-state index contributed by atoms with van der Waals surface area (Å²) in [5, 5.41) is 3.40. The van der Waals surface area contributed by atoms with E-state index < -0.39 is 0 Å². The number of aromatic nitrogens is 3. The fourth-order valence-electron chi connectivity index (χ4n) is 1.79. The molecular weight excluding hydrogens is 212 g/mol. The van der Waals surface area contributed by atoms with Gasteiger partial charge in [0.2, 0.25) is 0 Å². The number of hydrogen-bond acceptors (Lipinski definition) is 3. The van der Waals surface area contributed by atoms with E-state index in [0.717, 1.165) is 25.3 Å². The highest BCUT2D eigenvalue weighted by Gasteiger charge is 2.01. The van der Waals surface area contributed by atoms with E-state index in [1.807, 2.05) is 24.8 Å². The maximum absolute atomic E-state index is 4.35. The van der Waals surface area contributed by atoms with Crippen molar-refractivity contribution >= 4 is 0 Å². The van der Waals surface area contributed by atoms with Crippen LogP contribution in [0.15, 0.2) is 30.9 Å². The summed E-state index contributed by atoms with van der Waals surface area (Å²) < 4.78 is 2.14. The summed E-state index contributed by atoms with van der Waals surface area (Å²) in [5.41, 5.74) is 3.54. The fraction of sp³-hybridized carbons (Fsp3) is 0.385. The summed E-state index contributed by atoms with van der Waals surface area (Å²) in [7, 11) is 0. The first-order chi connectivity index (χ1) is 8.31. The minimum Gasteiger partial charge on any atom is -0.334 e. The number of nitrogens with one attached hydrogen (secondary N) is 1. The van der Waals surface area contributed by atoms with Gasteiger partial charge in [-0.1, -0.05) is 6.07 Å². The first-order valence-corrected chi connectivity index (χ1v) is 5.91. The van der Waals surface area contributed by atoms with Crippen LogP contribution >= 0.6 is 0 Å². The van der Waals surface area contributed by atoms with Crippen molar-refractivity contribution in [1.82, 2.24) is 19.9 Å². The predicted octanol–water partition coefficient (Wildman–Crippen LogP) is 1.90. The molecule has 2 aromatic heterocycles. The summed E-state index contributed by atoms with van der Waals surface area (Å²) in [5.74, 6) is 0. The maximum Gasteiger partial charge on any atom is 0.0948 e. The number of nitrogens with zero attached hydrogens (tertiary/aromatic N) is 3. The Balaban J connectivity index is 1.90. The van der Waals surface area contributed by atoms with Crippen LogP contribution in [0.5, 0.6) is 0 Å². The Morgan fingerprint density at radius 1 is 1.35 bits per heavy atom. The molecule has 0 aliphatic rings. The SMILES string of the molecule is CCn1cncc1CNCc1ncccc1C. The molecule has 2 aromatic rings. The van der Waals surface area contributed by atoms with Gasteiger partial charge in [-0.2, -0.15) is 0 Å². The zero-order valence-corrected chi connectivity index (χ0v) is 10.3. The van der Waals surface area contributed by atoms with Gasteiger partial charge < -0.3 is 9.88 Å². The number of imidazole rings is 1. The zero-order chi connectivity index (χ0) is 12.1. The summed E-state index contributed by atoms with van der Waals surface area (Å²) in [6.07, 6.45) is 5.60. The monoisotopic (exact) mass is 230 g/mol. The molecule has 4 heteroatoms. The van der Waals surface area contributed by atoms with Crippen LogP contribution in [0, 0.1) is 6.92 Å². The summed E-state index contributed by atoms with van der Waals surface area (Å²) in [6.45, 7) is 6.78. The molecule has 0 unspecified atom stereocenters. The maximum atomic E-state index is 4.35. The molecule has 1 N–H and O–H groups in total. The molecule has 0 saturated carbocycles. The molecule has 17 heavy (non-hydrogen) atoms. The average Bonchev–Trinajstić information content (AvgIpc) is 2.79. The van der Waals surface area contributed by atoms with Crippen LogP contribution in [-0.2, 0) is 19.6 Å². The lowest BCUT2D eigenvalue weighted by Crippen LogP contribution is -2.16. The smallest absolute Gasteiger partial charge is 0.0948 e. The molecule has 0 bridgehead atoms. The van der Waals surface area contributed by atoms with Crippen molar-refractivity contribution in [2.45, 2.75) is 33.5 Å². The Kier molecular flexibility index (Phi) is 3.88.